The standard InChI is InChI=1S/C29H31O2Si2.2ClH.Zr/c1-32(2,3)31-15-14-30-26-17-25(21-12-8-9-13-22(21)26)28-24-16-19-10-6-7-11-20(19)23(24)18-27-29(28)33(27,4)5;;;/h6-13,16-18,25H,14-15H2,1-5H3;2*1H;/q-1;;;+3/p-2. The summed E-state index contributed by atoms with van der Waals surface area (Å²) in [6, 6.07) is 22.5. The largest absolute Gasteiger partial charge is 3.00 e. The maximum atomic E-state index is 6.33. The van der Waals surface area contributed by atoms with Gasteiger partial charge >= 0.3 is 26.2 Å². The topological polar surface area (TPSA) is 18.5 Å². The van der Waals surface area contributed by atoms with E-state index in [9.17, 15) is 0 Å². The van der Waals surface area contributed by atoms with Gasteiger partial charge in [-0.15, -0.1) is 33.7 Å². The van der Waals surface area contributed by atoms with Crippen LogP contribution in [0.5, 0.6) is 0 Å². The van der Waals surface area contributed by atoms with Crippen LogP contribution in [0.15, 0.2) is 66.7 Å². The zero-order chi connectivity index (χ0) is 23.0. The van der Waals surface area contributed by atoms with Crippen molar-refractivity contribution in [1.82, 2.24) is 0 Å². The van der Waals surface area contributed by atoms with Crippen LogP contribution in [0, 0.1) is 0 Å². The molecule has 1 atom stereocenters. The second kappa shape index (κ2) is 10.6. The zero-order valence-electron chi connectivity index (χ0n) is 21.4. The maximum absolute atomic E-state index is 6.33. The van der Waals surface area contributed by atoms with Gasteiger partial charge in [0.25, 0.3) is 0 Å². The zero-order valence-corrected chi connectivity index (χ0v) is 27.4. The van der Waals surface area contributed by atoms with Gasteiger partial charge in [-0.3, -0.25) is 0 Å². The van der Waals surface area contributed by atoms with Crippen molar-refractivity contribution in [2.45, 2.75) is 38.7 Å². The summed E-state index contributed by atoms with van der Waals surface area (Å²) in [7, 11) is -3.01. The Labute approximate surface area is 247 Å². The summed E-state index contributed by atoms with van der Waals surface area (Å²) in [6.45, 7) is 12.9. The molecule has 0 saturated heterocycles. The molecule has 6 rings (SSSR count). The maximum Gasteiger partial charge on any atom is 3.00 e. The number of hydrogen-bond donors (Lipinski definition) is 0. The first-order valence-corrected chi connectivity index (χ1v) is 18.4. The van der Waals surface area contributed by atoms with Crippen molar-refractivity contribution in [1.29, 1.82) is 0 Å². The van der Waals surface area contributed by atoms with E-state index in [-0.39, 0.29) is 56.9 Å². The first kappa shape index (κ1) is 29.5. The molecular weight excluding hydrogens is 599 g/mol. The quantitative estimate of drug-likeness (QED) is 0.173. The van der Waals surface area contributed by atoms with Crippen molar-refractivity contribution in [3.8, 4) is 0 Å². The minimum absolute atomic E-state index is 0. The van der Waals surface area contributed by atoms with Crippen LogP contribution in [0.4, 0.5) is 0 Å². The molecule has 36 heavy (non-hydrogen) atoms. The van der Waals surface area contributed by atoms with Gasteiger partial charge < -0.3 is 34.0 Å². The predicted octanol–water partition coefficient (Wildman–Crippen LogP) is 0.208. The molecule has 1 unspecified atom stereocenters. The molecule has 0 N–H and O–H groups in total. The molecular formula is C29H31Cl2O2Si2Zr. The molecule has 1 aliphatic heterocycles. The Hall–Kier alpha value is -1.07. The van der Waals surface area contributed by atoms with Crippen molar-refractivity contribution >= 4 is 54.1 Å². The van der Waals surface area contributed by atoms with Crippen LogP contribution in [-0.2, 0) is 35.4 Å². The summed E-state index contributed by atoms with van der Waals surface area (Å²) in [4.78, 5) is 0. The number of rotatable bonds is 6. The Balaban J connectivity index is 0.00000120. The Morgan fingerprint density at radius 2 is 1.61 bits per heavy atom. The molecule has 2 nitrogen and oxygen atoms in total. The van der Waals surface area contributed by atoms with Gasteiger partial charge in [0.05, 0.1) is 6.61 Å². The molecule has 1 heterocycles. The van der Waals surface area contributed by atoms with Gasteiger partial charge in [0.15, 0.2) is 8.32 Å². The third-order valence-corrected chi connectivity index (χ3v) is 11.6. The van der Waals surface area contributed by atoms with Gasteiger partial charge in [-0.25, -0.2) is 0 Å². The number of hydrogen-bond acceptors (Lipinski definition) is 2. The summed E-state index contributed by atoms with van der Waals surface area (Å²) in [5.41, 5.74) is 4.13. The second-order valence-corrected chi connectivity index (χ2v) is 19.7. The number of ether oxygens (including phenoxy) is 1. The third-order valence-electron chi connectivity index (χ3n) is 7.26. The summed E-state index contributed by atoms with van der Waals surface area (Å²) in [5, 5.41) is 8.85. The molecule has 4 aromatic rings. The van der Waals surface area contributed by atoms with E-state index in [4.69, 9.17) is 9.16 Å². The van der Waals surface area contributed by atoms with Crippen LogP contribution in [-0.4, -0.2) is 29.6 Å². The molecule has 185 valence electrons. The molecule has 4 aromatic carbocycles. The fourth-order valence-electron chi connectivity index (χ4n) is 5.65. The molecule has 0 spiro atoms. The van der Waals surface area contributed by atoms with Gasteiger partial charge in [-0.2, -0.15) is 0 Å². The Morgan fingerprint density at radius 3 is 2.36 bits per heavy atom. The summed E-state index contributed by atoms with van der Waals surface area (Å²) < 4.78 is 12.4. The number of allylic oxidation sites excluding steroid dienone is 1. The van der Waals surface area contributed by atoms with Crippen LogP contribution in [0.2, 0.25) is 32.7 Å². The molecule has 0 aromatic heterocycles. The Morgan fingerprint density at radius 1 is 0.917 bits per heavy atom. The first-order valence-electron chi connectivity index (χ1n) is 12.0. The molecule has 1 radical (unpaired) electrons. The van der Waals surface area contributed by atoms with Gasteiger partial charge in [0.1, 0.15) is 20.4 Å². The van der Waals surface area contributed by atoms with Crippen molar-refractivity contribution in [2.24, 2.45) is 0 Å². The number of fused-ring (bicyclic) bond motifs is 5. The smallest absolute Gasteiger partial charge is 1.00 e. The van der Waals surface area contributed by atoms with Crippen LogP contribution < -0.4 is 35.2 Å². The van der Waals surface area contributed by atoms with E-state index in [1.54, 1.807) is 10.4 Å². The van der Waals surface area contributed by atoms with E-state index < -0.39 is 16.4 Å². The molecule has 2 aliphatic rings. The van der Waals surface area contributed by atoms with Gasteiger partial charge in [0, 0.05) is 11.5 Å². The van der Waals surface area contributed by atoms with Gasteiger partial charge in [-0.1, -0.05) is 77.6 Å². The van der Waals surface area contributed by atoms with Crippen LogP contribution in [0.25, 0.3) is 27.3 Å². The van der Waals surface area contributed by atoms with E-state index in [0.29, 0.717) is 13.2 Å². The fraction of sp³-hybridized carbons (Fsp3) is 0.276. The molecule has 0 bridgehead atoms. The van der Waals surface area contributed by atoms with Crippen molar-refractivity contribution < 1.29 is 60.2 Å². The minimum atomic E-state index is -1.53. The van der Waals surface area contributed by atoms with E-state index in [1.807, 2.05) is 0 Å². The van der Waals surface area contributed by atoms with E-state index in [0.717, 1.165) is 5.76 Å². The summed E-state index contributed by atoms with van der Waals surface area (Å²) in [5.74, 6) is 1.26. The van der Waals surface area contributed by atoms with E-state index in [1.165, 1.54) is 38.2 Å². The van der Waals surface area contributed by atoms with Gasteiger partial charge in [-0.05, 0) is 31.3 Å². The molecule has 1 aliphatic carbocycles. The van der Waals surface area contributed by atoms with Crippen LogP contribution in [0.1, 0.15) is 22.6 Å². The monoisotopic (exact) mass is 627 g/mol. The van der Waals surface area contributed by atoms with Crippen molar-refractivity contribution in [3.05, 3.63) is 83.4 Å². The van der Waals surface area contributed by atoms with E-state index in [2.05, 4.69) is 99.5 Å². The van der Waals surface area contributed by atoms with Crippen LogP contribution in [0.3, 0.4) is 0 Å². The SMILES string of the molecule is C[Si](C)(C)OCCOC1=CC(c2c3c(cc4c2[cH-]c2ccccc24)[Si]3(C)C)c2ccccc21.[Cl-].[Cl-].[Zr+3]. The fourth-order valence-corrected chi connectivity index (χ4v) is 9.76. The molecule has 0 amide bonds. The predicted molar refractivity (Wildman–Crippen MR) is 145 cm³/mol. The molecule has 7 heteroatoms. The third kappa shape index (κ3) is 4.88. The van der Waals surface area contributed by atoms with Crippen molar-refractivity contribution in [2.75, 3.05) is 13.2 Å². The Kier molecular flexibility index (Phi) is 8.68. The average molecular weight is 630 g/mol. The normalized spacial score (nSPS) is 16.8. The Bertz CT molecular complexity index is 1450. The van der Waals surface area contributed by atoms with Crippen LogP contribution >= 0.6 is 0 Å². The molecule has 0 saturated carbocycles. The molecule has 0 fully saturated rings. The second-order valence-electron chi connectivity index (χ2n) is 10.9. The number of halogens is 2. The van der Waals surface area contributed by atoms with E-state index >= 15 is 0 Å². The first-order chi connectivity index (χ1) is 15.8. The van der Waals surface area contributed by atoms with Gasteiger partial charge in [0.2, 0.25) is 0 Å². The summed E-state index contributed by atoms with van der Waals surface area (Å²) >= 11 is 0. The minimum Gasteiger partial charge on any atom is -1.00 e. The van der Waals surface area contributed by atoms with Crippen molar-refractivity contribution in [3.63, 3.8) is 0 Å². The number of benzene rings is 3. The summed E-state index contributed by atoms with van der Waals surface area (Å²) in [6.07, 6.45) is 2.37. The average Bonchev–Trinajstić information content (AvgIpc) is 3.07.